The molecule has 1 amide bonds. The number of nitrogen functional groups attached to an aromatic ring is 1. The molecule has 0 aliphatic rings. The van der Waals surface area contributed by atoms with Crippen LogP contribution in [-0.4, -0.2) is 15.9 Å². The van der Waals surface area contributed by atoms with Gasteiger partial charge in [-0.1, -0.05) is 6.07 Å². The molecule has 0 unspecified atom stereocenters. The lowest BCUT2D eigenvalue weighted by atomic mass is 10.3. The summed E-state index contributed by atoms with van der Waals surface area (Å²) in [4.78, 5) is 19.8. The third-order valence-corrected chi connectivity index (χ3v) is 2.16. The second-order valence-electron chi connectivity index (χ2n) is 3.59. The summed E-state index contributed by atoms with van der Waals surface area (Å²) < 4.78 is 0. The molecule has 0 bridgehead atoms. The Hall–Kier alpha value is -2.43. The Morgan fingerprint density at radius 3 is 2.88 bits per heavy atom. The van der Waals surface area contributed by atoms with E-state index < -0.39 is 0 Å². The van der Waals surface area contributed by atoms with E-state index in [2.05, 4.69) is 15.3 Å². The number of amides is 1. The van der Waals surface area contributed by atoms with E-state index in [4.69, 9.17) is 5.73 Å². The minimum Gasteiger partial charge on any atom is -0.384 e. The average molecular weight is 228 g/mol. The number of carbonyl (C=O) groups is 1. The maximum Gasteiger partial charge on any atom is 0.274 e. The topological polar surface area (TPSA) is 80.9 Å². The van der Waals surface area contributed by atoms with Gasteiger partial charge in [0.1, 0.15) is 11.5 Å². The number of nitrogens with one attached hydrogen (secondary N) is 1. The molecule has 0 aliphatic carbocycles. The average Bonchev–Trinajstić information content (AvgIpc) is 2.29. The molecule has 2 rings (SSSR count). The molecular weight excluding hydrogens is 216 g/mol. The van der Waals surface area contributed by atoms with Gasteiger partial charge in [-0.15, -0.1) is 0 Å². The predicted octanol–water partition coefficient (Wildman–Crippen LogP) is 1.62. The summed E-state index contributed by atoms with van der Waals surface area (Å²) in [6, 6.07) is 8.43. The van der Waals surface area contributed by atoms with Crippen LogP contribution in [0.15, 0.2) is 36.5 Å². The van der Waals surface area contributed by atoms with Crippen LogP contribution in [0.5, 0.6) is 0 Å². The summed E-state index contributed by atoms with van der Waals surface area (Å²) in [7, 11) is 0. The molecule has 0 saturated carbocycles. The molecule has 0 saturated heterocycles. The lowest BCUT2D eigenvalue weighted by Crippen LogP contribution is -2.14. The molecule has 2 heterocycles. The molecule has 0 aliphatic heterocycles. The van der Waals surface area contributed by atoms with Crippen LogP contribution < -0.4 is 11.1 Å². The Morgan fingerprint density at radius 1 is 1.35 bits per heavy atom. The summed E-state index contributed by atoms with van der Waals surface area (Å²) in [5, 5.41) is 2.73. The first-order valence-corrected chi connectivity index (χ1v) is 5.12. The monoisotopic (exact) mass is 228 g/mol. The lowest BCUT2D eigenvalue weighted by molar-refractivity contribution is 0.102. The van der Waals surface area contributed by atoms with E-state index in [9.17, 15) is 4.79 Å². The molecule has 0 atom stereocenters. The van der Waals surface area contributed by atoms with Gasteiger partial charge in [0.2, 0.25) is 0 Å². The maximum atomic E-state index is 11.8. The number of anilines is 2. The molecule has 0 fully saturated rings. The van der Waals surface area contributed by atoms with Crippen LogP contribution in [0.1, 0.15) is 16.2 Å². The Labute approximate surface area is 98.7 Å². The van der Waals surface area contributed by atoms with Crippen LogP contribution in [0.4, 0.5) is 11.5 Å². The molecule has 5 nitrogen and oxygen atoms in total. The van der Waals surface area contributed by atoms with Gasteiger partial charge in [0.05, 0.1) is 0 Å². The summed E-state index contributed by atoms with van der Waals surface area (Å²) in [6.45, 7) is 1.86. The predicted molar refractivity (Wildman–Crippen MR) is 65.6 cm³/mol. The second kappa shape index (κ2) is 4.61. The Kier molecular flexibility index (Phi) is 3.00. The van der Waals surface area contributed by atoms with E-state index in [1.165, 1.54) is 0 Å². The fraction of sp³-hybridized carbons (Fsp3) is 0.0833. The zero-order valence-corrected chi connectivity index (χ0v) is 9.34. The Morgan fingerprint density at radius 2 is 2.18 bits per heavy atom. The molecule has 0 radical (unpaired) electrons. The lowest BCUT2D eigenvalue weighted by Gasteiger charge is -2.05. The van der Waals surface area contributed by atoms with Gasteiger partial charge in [-0.2, -0.15) is 0 Å². The van der Waals surface area contributed by atoms with Crippen LogP contribution >= 0.6 is 0 Å². The van der Waals surface area contributed by atoms with Crippen LogP contribution in [0, 0.1) is 6.92 Å². The third kappa shape index (κ3) is 2.78. The van der Waals surface area contributed by atoms with Crippen LogP contribution in [0.3, 0.4) is 0 Å². The van der Waals surface area contributed by atoms with E-state index in [1.54, 1.807) is 36.5 Å². The van der Waals surface area contributed by atoms with Gasteiger partial charge in [-0.3, -0.25) is 9.78 Å². The molecule has 0 aromatic carbocycles. The summed E-state index contributed by atoms with van der Waals surface area (Å²) >= 11 is 0. The summed E-state index contributed by atoms with van der Waals surface area (Å²) in [5.41, 5.74) is 7.33. The fourth-order valence-corrected chi connectivity index (χ4v) is 1.40. The van der Waals surface area contributed by atoms with Crippen molar-refractivity contribution in [1.82, 2.24) is 9.97 Å². The highest BCUT2D eigenvalue weighted by molar-refractivity contribution is 6.03. The van der Waals surface area contributed by atoms with Gasteiger partial charge >= 0.3 is 0 Å². The van der Waals surface area contributed by atoms with E-state index in [-0.39, 0.29) is 5.91 Å². The SMILES string of the molecule is Cc1cc(NC(=O)c2cccc(N)n2)ccn1. The molecule has 0 spiro atoms. The molecular formula is C12H12N4O. The normalized spacial score (nSPS) is 9.94. The number of nitrogens with two attached hydrogens (primary N) is 1. The number of pyridine rings is 2. The zero-order chi connectivity index (χ0) is 12.3. The van der Waals surface area contributed by atoms with E-state index in [1.807, 2.05) is 6.92 Å². The number of carbonyl (C=O) groups excluding carboxylic acids is 1. The maximum absolute atomic E-state index is 11.8. The van der Waals surface area contributed by atoms with Crippen molar-refractivity contribution < 1.29 is 4.79 Å². The van der Waals surface area contributed by atoms with E-state index in [0.717, 1.165) is 5.69 Å². The van der Waals surface area contributed by atoms with E-state index in [0.29, 0.717) is 17.2 Å². The molecule has 2 aromatic heterocycles. The van der Waals surface area contributed by atoms with Crippen molar-refractivity contribution in [3.8, 4) is 0 Å². The van der Waals surface area contributed by atoms with Gasteiger partial charge in [0.15, 0.2) is 0 Å². The highest BCUT2D eigenvalue weighted by Gasteiger charge is 2.07. The first-order chi connectivity index (χ1) is 8.15. The van der Waals surface area contributed by atoms with Crippen molar-refractivity contribution in [2.24, 2.45) is 0 Å². The number of nitrogens with zero attached hydrogens (tertiary/aromatic N) is 2. The van der Waals surface area contributed by atoms with Gasteiger partial charge in [-0.25, -0.2) is 4.98 Å². The minimum atomic E-state index is -0.289. The van der Waals surface area contributed by atoms with Crippen molar-refractivity contribution in [3.63, 3.8) is 0 Å². The van der Waals surface area contributed by atoms with Gasteiger partial charge in [0.25, 0.3) is 5.91 Å². The highest BCUT2D eigenvalue weighted by atomic mass is 16.1. The molecule has 17 heavy (non-hydrogen) atoms. The highest BCUT2D eigenvalue weighted by Crippen LogP contribution is 2.09. The molecule has 5 heteroatoms. The largest absolute Gasteiger partial charge is 0.384 e. The molecule has 2 aromatic rings. The van der Waals surface area contributed by atoms with Crippen LogP contribution in [-0.2, 0) is 0 Å². The second-order valence-corrected chi connectivity index (χ2v) is 3.59. The number of rotatable bonds is 2. The summed E-state index contributed by atoms with van der Waals surface area (Å²) in [5.74, 6) is 0.0338. The Balaban J connectivity index is 2.17. The zero-order valence-electron chi connectivity index (χ0n) is 9.34. The first-order valence-electron chi connectivity index (χ1n) is 5.12. The van der Waals surface area contributed by atoms with Crippen molar-refractivity contribution >= 4 is 17.4 Å². The van der Waals surface area contributed by atoms with Gasteiger partial charge < -0.3 is 11.1 Å². The minimum absolute atomic E-state index is 0.289. The number of aryl methyl sites for hydroxylation is 1. The van der Waals surface area contributed by atoms with Crippen molar-refractivity contribution in [3.05, 3.63) is 47.9 Å². The molecule has 86 valence electrons. The summed E-state index contributed by atoms with van der Waals surface area (Å²) in [6.07, 6.45) is 1.64. The van der Waals surface area contributed by atoms with Gasteiger partial charge in [0, 0.05) is 17.6 Å². The van der Waals surface area contributed by atoms with Gasteiger partial charge in [-0.05, 0) is 31.2 Å². The quantitative estimate of drug-likeness (QED) is 0.818. The van der Waals surface area contributed by atoms with Crippen LogP contribution in [0.2, 0.25) is 0 Å². The smallest absolute Gasteiger partial charge is 0.274 e. The fourth-order valence-electron chi connectivity index (χ4n) is 1.40. The Bertz CT molecular complexity index is 554. The third-order valence-electron chi connectivity index (χ3n) is 2.16. The van der Waals surface area contributed by atoms with Crippen LogP contribution in [0.25, 0.3) is 0 Å². The number of hydrogen-bond donors (Lipinski definition) is 2. The van der Waals surface area contributed by atoms with Crippen molar-refractivity contribution in [2.45, 2.75) is 6.92 Å². The van der Waals surface area contributed by atoms with Crippen molar-refractivity contribution in [1.29, 1.82) is 0 Å². The number of aromatic nitrogens is 2. The number of hydrogen-bond acceptors (Lipinski definition) is 4. The molecule has 3 N–H and O–H groups in total. The first kappa shape index (κ1) is 11.1. The van der Waals surface area contributed by atoms with Crippen molar-refractivity contribution in [2.75, 3.05) is 11.1 Å². The standard InChI is InChI=1S/C12H12N4O/c1-8-7-9(5-6-14-8)15-12(17)10-3-2-4-11(13)16-10/h2-7H,1H3,(H2,13,16)(H,14,15,17). The van der Waals surface area contributed by atoms with E-state index >= 15 is 0 Å².